The van der Waals surface area contributed by atoms with E-state index in [1.54, 1.807) is 0 Å². The van der Waals surface area contributed by atoms with E-state index in [2.05, 4.69) is 38.2 Å². The van der Waals surface area contributed by atoms with Gasteiger partial charge in [-0.2, -0.15) is 0 Å². The summed E-state index contributed by atoms with van der Waals surface area (Å²) in [7, 11) is 0. The van der Waals surface area contributed by atoms with E-state index in [-0.39, 0.29) is 0 Å². The van der Waals surface area contributed by atoms with Crippen molar-refractivity contribution in [1.82, 2.24) is 5.32 Å². The van der Waals surface area contributed by atoms with Crippen LogP contribution >= 0.6 is 11.3 Å². The van der Waals surface area contributed by atoms with E-state index in [0.29, 0.717) is 6.04 Å². The van der Waals surface area contributed by atoms with E-state index in [1.807, 2.05) is 11.3 Å². The van der Waals surface area contributed by atoms with Gasteiger partial charge in [0.25, 0.3) is 0 Å². The first-order valence-corrected chi connectivity index (χ1v) is 6.88. The van der Waals surface area contributed by atoms with Crippen molar-refractivity contribution in [1.29, 1.82) is 0 Å². The van der Waals surface area contributed by atoms with Gasteiger partial charge >= 0.3 is 0 Å². The zero-order valence-electron chi connectivity index (χ0n) is 10.2. The average Bonchev–Trinajstić information content (AvgIpc) is 2.71. The third kappa shape index (κ3) is 4.80. The summed E-state index contributed by atoms with van der Waals surface area (Å²) in [6.45, 7) is 7.86. The summed E-state index contributed by atoms with van der Waals surface area (Å²) >= 11 is 1.97. The Hall–Kier alpha value is -0.340. The predicted molar refractivity (Wildman–Crippen MR) is 69.8 cm³/mol. The molecule has 1 unspecified atom stereocenters. The molecule has 0 amide bonds. The molecule has 2 heteroatoms. The average molecular weight is 225 g/mol. The highest BCUT2D eigenvalue weighted by molar-refractivity contribution is 7.11. The van der Waals surface area contributed by atoms with Gasteiger partial charge in [-0.05, 0) is 51.3 Å². The Morgan fingerprint density at radius 3 is 2.60 bits per heavy atom. The number of rotatable bonds is 7. The van der Waals surface area contributed by atoms with Gasteiger partial charge in [0, 0.05) is 15.8 Å². The highest BCUT2D eigenvalue weighted by Crippen LogP contribution is 2.18. The van der Waals surface area contributed by atoms with Crippen LogP contribution in [0.1, 0.15) is 43.4 Å². The van der Waals surface area contributed by atoms with Gasteiger partial charge < -0.3 is 5.32 Å². The van der Waals surface area contributed by atoms with E-state index in [9.17, 15) is 0 Å². The number of hydrogen-bond acceptors (Lipinski definition) is 2. The van der Waals surface area contributed by atoms with Crippen LogP contribution in [0.2, 0.25) is 0 Å². The molecule has 0 saturated carbocycles. The van der Waals surface area contributed by atoms with Crippen LogP contribution in [0.3, 0.4) is 0 Å². The lowest BCUT2D eigenvalue weighted by Gasteiger charge is -2.11. The second kappa shape index (κ2) is 7.02. The maximum Gasteiger partial charge on any atom is 0.00487 e. The van der Waals surface area contributed by atoms with Crippen molar-refractivity contribution in [2.24, 2.45) is 0 Å². The monoisotopic (exact) mass is 225 g/mol. The Morgan fingerprint density at radius 1 is 1.27 bits per heavy atom. The van der Waals surface area contributed by atoms with E-state index in [0.717, 1.165) is 6.54 Å². The second-order valence-corrected chi connectivity index (χ2v) is 5.37. The molecule has 0 saturated heterocycles. The largest absolute Gasteiger partial charge is 0.314 e. The van der Waals surface area contributed by atoms with Gasteiger partial charge in [-0.1, -0.05) is 13.8 Å². The summed E-state index contributed by atoms with van der Waals surface area (Å²) < 4.78 is 0. The van der Waals surface area contributed by atoms with Crippen molar-refractivity contribution >= 4 is 11.3 Å². The molecule has 0 radical (unpaired) electrons. The molecular weight excluding hydrogens is 202 g/mol. The van der Waals surface area contributed by atoms with Crippen LogP contribution in [0.4, 0.5) is 0 Å². The fourth-order valence-corrected chi connectivity index (χ4v) is 2.57. The van der Waals surface area contributed by atoms with Crippen molar-refractivity contribution in [2.75, 3.05) is 6.54 Å². The highest BCUT2D eigenvalue weighted by atomic mass is 32.1. The SMILES string of the molecule is CCCNC(C)CCc1ccc(CC)s1. The van der Waals surface area contributed by atoms with Crippen LogP contribution in [-0.2, 0) is 12.8 Å². The molecule has 0 aliphatic heterocycles. The van der Waals surface area contributed by atoms with Crippen LogP contribution in [0, 0.1) is 0 Å². The topological polar surface area (TPSA) is 12.0 Å². The smallest absolute Gasteiger partial charge is 0.00487 e. The Labute approximate surface area is 97.9 Å². The lowest BCUT2D eigenvalue weighted by atomic mass is 10.1. The van der Waals surface area contributed by atoms with E-state index < -0.39 is 0 Å². The second-order valence-electron chi connectivity index (χ2n) is 4.12. The van der Waals surface area contributed by atoms with Crippen LogP contribution < -0.4 is 5.32 Å². The fraction of sp³-hybridized carbons (Fsp3) is 0.692. The highest BCUT2D eigenvalue weighted by Gasteiger charge is 2.03. The Kier molecular flexibility index (Phi) is 5.96. The van der Waals surface area contributed by atoms with E-state index in [4.69, 9.17) is 0 Å². The molecule has 1 aromatic rings. The van der Waals surface area contributed by atoms with E-state index in [1.165, 1.54) is 35.4 Å². The summed E-state index contributed by atoms with van der Waals surface area (Å²) in [6.07, 6.45) is 4.88. The lowest BCUT2D eigenvalue weighted by molar-refractivity contribution is 0.515. The Balaban J connectivity index is 2.24. The summed E-state index contributed by atoms with van der Waals surface area (Å²) in [4.78, 5) is 3.05. The fourth-order valence-electron chi connectivity index (χ4n) is 1.60. The molecule has 0 aliphatic carbocycles. The number of thiophene rings is 1. The first-order valence-electron chi connectivity index (χ1n) is 6.07. The zero-order valence-corrected chi connectivity index (χ0v) is 11.0. The molecule has 1 heterocycles. The Bertz CT molecular complexity index is 267. The van der Waals surface area contributed by atoms with Gasteiger partial charge in [-0.15, -0.1) is 11.3 Å². The molecule has 86 valence electrons. The van der Waals surface area contributed by atoms with Crippen LogP contribution in [0.5, 0.6) is 0 Å². The standard InChI is InChI=1S/C13H23NS/c1-4-10-14-11(3)6-7-13-9-8-12(5-2)15-13/h8-9,11,14H,4-7,10H2,1-3H3. The molecule has 0 bridgehead atoms. The zero-order chi connectivity index (χ0) is 11.1. The van der Waals surface area contributed by atoms with Crippen LogP contribution in [0.25, 0.3) is 0 Å². The van der Waals surface area contributed by atoms with Crippen molar-refractivity contribution in [3.05, 3.63) is 21.9 Å². The number of nitrogens with one attached hydrogen (secondary N) is 1. The quantitative estimate of drug-likeness (QED) is 0.747. The minimum atomic E-state index is 0.650. The molecule has 0 fully saturated rings. The predicted octanol–water partition coefficient (Wildman–Crippen LogP) is 3.63. The minimum absolute atomic E-state index is 0.650. The molecule has 15 heavy (non-hydrogen) atoms. The third-order valence-electron chi connectivity index (χ3n) is 2.63. The normalized spacial score (nSPS) is 13.0. The summed E-state index contributed by atoms with van der Waals surface area (Å²) in [5, 5.41) is 3.53. The van der Waals surface area contributed by atoms with Crippen LogP contribution in [-0.4, -0.2) is 12.6 Å². The summed E-state index contributed by atoms with van der Waals surface area (Å²) in [6, 6.07) is 5.21. The van der Waals surface area contributed by atoms with Gasteiger partial charge in [0.05, 0.1) is 0 Å². The van der Waals surface area contributed by atoms with Crippen molar-refractivity contribution in [2.45, 2.75) is 52.5 Å². The van der Waals surface area contributed by atoms with Crippen molar-refractivity contribution < 1.29 is 0 Å². The minimum Gasteiger partial charge on any atom is -0.314 e. The molecule has 0 aromatic carbocycles. The van der Waals surface area contributed by atoms with Gasteiger partial charge in [-0.25, -0.2) is 0 Å². The van der Waals surface area contributed by atoms with Crippen molar-refractivity contribution in [3.8, 4) is 0 Å². The summed E-state index contributed by atoms with van der Waals surface area (Å²) in [5.41, 5.74) is 0. The van der Waals surface area contributed by atoms with Crippen LogP contribution in [0.15, 0.2) is 12.1 Å². The van der Waals surface area contributed by atoms with Crippen molar-refractivity contribution in [3.63, 3.8) is 0 Å². The molecule has 1 rings (SSSR count). The molecule has 1 atom stereocenters. The van der Waals surface area contributed by atoms with E-state index >= 15 is 0 Å². The van der Waals surface area contributed by atoms with Gasteiger partial charge in [0.15, 0.2) is 0 Å². The molecule has 0 spiro atoms. The van der Waals surface area contributed by atoms with Gasteiger partial charge in [0.1, 0.15) is 0 Å². The lowest BCUT2D eigenvalue weighted by Crippen LogP contribution is -2.26. The number of aryl methyl sites for hydroxylation is 2. The Morgan fingerprint density at radius 2 is 2.00 bits per heavy atom. The van der Waals surface area contributed by atoms with Gasteiger partial charge in [-0.3, -0.25) is 0 Å². The summed E-state index contributed by atoms with van der Waals surface area (Å²) in [5.74, 6) is 0. The molecule has 0 aliphatic rings. The molecule has 1 aromatic heterocycles. The first kappa shape index (κ1) is 12.7. The molecule has 1 N–H and O–H groups in total. The van der Waals surface area contributed by atoms with Gasteiger partial charge in [0.2, 0.25) is 0 Å². The molecular formula is C13H23NS. The maximum atomic E-state index is 3.53. The third-order valence-corrected chi connectivity index (χ3v) is 3.92. The maximum absolute atomic E-state index is 3.53. The first-order chi connectivity index (χ1) is 7.26. The number of hydrogen-bond donors (Lipinski definition) is 1. The molecule has 1 nitrogen and oxygen atoms in total.